The van der Waals surface area contributed by atoms with Crippen molar-refractivity contribution in [2.75, 3.05) is 19.5 Å². The number of nitrogens with one attached hydrogen (secondary N) is 1. The van der Waals surface area contributed by atoms with Gasteiger partial charge >= 0.3 is 0 Å². The third kappa shape index (κ3) is 3.99. The fraction of sp³-hybridized carbons (Fsp3) is 0.294. The number of anilines is 1. The molecule has 2 rings (SSSR count). The lowest BCUT2D eigenvalue weighted by Gasteiger charge is -2.18. The third-order valence-corrected chi connectivity index (χ3v) is 4.04. The van der Waals surface area contributed by atoms with E-state index in [0.717, 1.165) is 21.5 Å². The number of benzene rings is 2. The highest BCUT2D eigenvalue weighted by Gasteiger charge is 2.10. The fourth-order valence-corrected chi connectivity index (χ4v) is 2.63. The first kappa shape index (κ1) is 15.9. The van der Waals surface area contributed by atoms with E-state index in [-0.39, 0.29) is 6.04 Å². The Balaban J connectivity index is 2.21. The molecule has 1 atom stereocenters. The fourth-order valence-electron chi connectivity index (χ4n) is 2.23. The number of halogens is 1. The predicted molar refractivity (Wildman–Crippen MR) is 89.9 cm³/mol. The van der Waals surface area contributed by atoms with Crippen molar-refractivity contribution in [3.8, 4) is 5.75 Å². The van der Waals surface area contributed by atoms with Crippen molar-refractivity contribution in [3.05, 3.63) is 58.1 Å². The molecular formula is C17H20BrNO2. The van der Waals surface area contributed by atoms with Gasteiger partial charge in [0.25, 0.3) is 0 Å². The normalized spacial score (nSPS) is 12.0. The van der Waals surface area contributed by atoms with Gasteiger partial charge in [0, 0.05) is 28.9 Å². The SMILES string of the molecule is COCc1cc(C(C)Nc2ccccc2Br)ccc1OC. The van der Waals surface area contributed by atoms with E-state index < -0.39 is 0 Å². The maximum atomic E-state index is 5.36. The van der Waals surface area contributed by atoms with Crippen LogP contribution in [0.2, 0.25) is 0 Å². The van der Waals surface area contributed by atoms with Crippen LogP contribution in [0.15, 0.2) is 46.9 Å². The van der Waals surface area contributed by atoms with Crippen LogP contribution in [-0.2, 0) is 11.3 Å². The maximum absolute atomic E-state index is 5.36. The van der Waals surface area contributed by atoms with Gasteiger partial charge in [-0.1, -0.05) is 18.2 Å². The Bertz CT molecular complexity index is 601. The van der Waals surface area contributed by atoms with Crippen LogP contribution in [0.1, 0.15) is 24.1 Å². The molecule has 0 aliphatic carbocycles. The molecule has 0 heterocycles. The predicted octanol–water partition coefficient (Wildman–Crippen LogP) is 4.78. The van der Waals surface area contributed by atoms with Crippen LogP contribution in [-0.4, -0.2) is 14.2 Å². The average molecular weight is 350 g/mol. The summed E-state index contributed by atoms with van der Waals surface area (Å²) in [4.78, 5) is 0. The second kappa shape index (κ2) is 7.48. The van der Waals surface area contributed by atoms with E-state index in [1.807, 2.05) is 24.3 Å². The highest BCUT2D eigenvalue weighted by molar-refractivity contribution is 9.10. The molecule has 0 amide bonds. The molecule has 0 fully saturated rings. The molecule has 3 nitrogen and oxygen atoms in total. The van der Waals surface area contributed by atoms with E-state index in [4.69, 9.17) is 9.47 Å². The molecule has 2 aromatic rings. The Morgan fingerprint density at radius 3 is 2.57 bits per heavy atom. The van der Waals surface area contributed by atoms with Crippen LogP contribution in [0.5, 0.6) is 5.75 Å². The van der Waals surface area contributed by atoms with Gasteiger partial charge in [-0.2, -0.15) is 0 Å². The first-order chi connectivity index (χ1) is 10.2. The van der Waals surface area contributed by atoms with Crippen molar-refractivity contribution in [2.45, 2.75) is 19.6 Å². The number of rotatable bonds is 6. The molecule has 0 aromatic heterocycles. The highest BCUT2D eigenvalue weighted by Crippen LogP contribution is 2.28. The van der Waals surface area contributed by atoms with Gasteiger partial charge in [0.2, 0.25) is 0 Å². The Hall–Kier alpha value is -1.52. The van der Waals surface area contributed by atoms with Gasteiger partial charge in [-0.3, -0.25) is 0 Å². The zero-order valence-corrected chi connectivity index (χ0v) is 14.1. The van der Waals surface area contributed by atoms with Crippen LogP contribution in [0.25, 0.3) is 0 Å². The summed E-state index contributed by atoms with van der Waals surface area (Å²) in [6.45, 7) is 2.68. The first-order valence-electron chi connectivity index (χ1n) is 6.82. The van der Waals surface area contributed by atoms with Crippen LogP contribution >= 0.6 is 15.9 Å². The van der Waals surface area contributed by atoms with Crippen LogP contribution in [0.3, 0.4) is 0 Å². The Morgan fingerprint density at radius 2 is 1.90 bits per heavy atom. The van der Waals surface area contributed by atoms with E-state index in [2.05, 4.69) is 46.4 Å². The molecule has 1 unspecified atom stereocenters. The van der Waals surface area contributed by atoms with Crippen LogP contribution in [0, 0.1) is 0 Å². The van der Waals surface area contributed by atoms with Crippen molar-refractivity contribution < 1.29 is 9.47 Å². The van der Waals surface area contributed by atoms with Crippen molar-refractivity contribution >= 4 is 21.6 Å². The van der Waals surface area contributed by atoms with Crippen molar-refractivity contribution in [1.82, 2.24) is 0 Å². The molecule has 0 saturated heterocycles. The maximum Gasteiger partial charge on any atom is 0.124 e. The second-order valence-electron chi connectivity index (χ2n) is 4.85. The number of hydrogen-bond acceptors (Lipinski definition) is 3. The van der Waals surface area contributed by atoms with Gasteiger partial charge in [-0.25, -0.2) is 0 Å². The van der Waals surface area contributed by atoms with Gasteiger partial charge in [0.15, 0.2) is 0 Å². The molecule has 1 N–H and O–H groups in total. The molecule has 2 aromatic carbocycles. The van der Waals surface area contributed by atoms with E-state index >= 15 is 0 Å². The van der Waals surface area contributed by atoms with Gasteiger partial charge in [0.05, 0.1) is 13.7 Å². The quantitative estimate of drug-likeness (QED) is 0.814. The molecule has 0 saturated carbocycles. The number of para-hydroxylation sites is 1. The molecule has 112 valence electrons. The standard InChI is InChI=1S/C17H20BrNO2/c1-12(19-16-7-5-4-6-15(16)18)13-8-9-17(21-3)14(10-13)11-20-2/h4-10,12,19H,11H2,1-3H3. The smallest absolute Gasteiger partial charge is 0.124 e. The summed E-state index contributed by atoms with van der Waals surface area (Å²) in [5, 5.41) is 3.50. The minimum absolute atomic E-state index is 0.185. The third-order valence-electron chi connectivity index (χ3n) is 3.35. The molecule has 0 spiro atoms. The zero-order valence-electron chi connectivity index (χ0n) is 12.5. The monoisotopic (exact) mass is 349 g/mol. The summed E-state index contributed by atoms with van der Waals surface area (Å²) in [6, 6.07) is 14.5. The summed E-state index contributed by atoms with van der Waals surface area (Å²) in [7, 11) is 3.37. The summed E-state index contributed by atoms with van der Waals surface area (Å²) in [5.41, 5.74) is 3.32. The topological polar surface area (TPSA) is 30.5 Å². The molecule has 0 aliphatic heterocycles. The number of hydrogen-bond donors (Lipinski definition) is 1. The van der Waals surface area contributed by atoms with Gasteiger partial charge in [-0.15, -0.1) is 0 Å². The van der Waals surface area contributed by atoms with Gasteiger partial charge in [0.1, 0.15) is 5.75 Å². The lowest BCUT2D eigenvalue weighted by molar-refractivity contribution is 0.181. The number of methoxy groups -OCH3 is 2. The lowest BCUT2D eigenvalue weighted by atomic mass is 10.0. The van der Waals surface area contributed by atoms with E-state index in [1.165, 1.54) is 5.56 Å². The molecule has 0 aliphatic rings. The van der Waals surface area contributed by atoms with E-state index in [9.17, 15) is 0 Å². The Kier molecular flexibility index (Phi) is 5.65. The molecule has 0 radical (unpaired) electrons. The van der Waals surface area contributed by atoms with E-state index in [1.54, 1.807) is 14.2 Å². The molecule has 21 heavy (non-hydrogen) atoms. The van der Waals surface area contributed by atoms with Crippen LogP contribution in [0.4, 0.5) is 5.69 Å². The van der Waals surface area contributed by atoms with Gasteiger partial charge < -0.3 is 14.8 Å². The van der Waals surface area contributed by atoms with Crippen molar-refractivity contribution in [3.63, 3.8) is 0 Å². The summed E-state index contributed by atoms with van der Waals surface area (Å²) in [6.07, 6.45) is 0. The average Bonchev–Trinajstić information content (AvgIpc) is 2.50. The second-order valence-corrected chi connectivity index (χ2v) is 5.70. The number of ether oxygens (including phenoxy) is 2. The zero-order chi connectivity index (χ0) is 15.2. The van der Waals surface area contributed by atoms with E-state index in [0.29, 0.717) is 6.61 Å². The molecule has 0 bridgehead atoms. The Morgan fingerprint density at radius 1 is 1.14 bits per heavy atom. The summed E-state index contributed by atoms with van der Waals surface area (Å²) >= 11 is 3.56. The minimum Gasteiger partial charge on any atom is -0.496 e. The Labute approximate surface area is 134 Å². The summed E-state index contributed by atoms with van der Waals surface area (Å²) < 4.78 is 11.7. The molecular weight excluding hydrogens is 330 g/mol. The highest BCUT2D eigenvalue weighted by atomic mass is 79.9. The lowest BCUT2D eigenvalue weighted by Crippen LogP contribution is -2.08. The molecule has 4 heteroatoms. The van der Waals surface area contributed by atoms with Gasteiger partial charge in [-0.05, 0) is 52.7 Å². The first-order valence-corrected chi connectivity index (χ1v) is 7.61. The van der Waals surface area contributed by atoms with Crippen LogP contribution < -0.4 is 10.1 Å². The minimum atomic E-state index is 0.185. The summed E-state index contributed by atoms with van der Waals surface area (Å²) in [5.74, 6) is 0.855. The van der Waals surface area contributed by atoms with Crippen molar-refractivity contribution in [1.29, 1.82) is 0 Å². The van der Waals surface area contributed by atoms with Crippen molar-refractivity contribution in [2.24, 2.45) is 0 Å². The largest absolute Gasteiger partial charge is 0.496 e.